The lowest BCUT2D eigenvalue weighted by molar-refractivity contribution is -0.159. The predicted octanol–water partition coefficient (Wildman–Crippen LogP) is 3.78. The minimum absolute atomic E-state index is 0.00104. The van der Waals surface area contributed by atoms with E-state index < -0.39 is 41.9 Å². The van der Waals surface area contributed by atoms with Gasteiger partial charge >= 0.3 is 17.9 Å². The van der Waals surface area contributed by atoms with Crippen LogP contribution >= 0.6 is 0 Å². The number of benzene rings is 4. The number of carbonyl (C=O) groups is 6. The van der Waals surface area contributed by atoms with E-state index in [4.69, 9.17) is 9.47 Å². The van der Waals surface area contributed by atoms with Crippen LogP contribution in [0, 0.1) is 13.8 Å². The van der Waals surface area contributed by atoms with Gasteiger partial charge in [0.05, 0.1) is 17.5 Å². The van der Waals surface area contributed by atoms with Crippen LogP contribution in [-0.4, -0.2) is 52.9 Å². The summed E-state index contributed by atoms with van der Waals surface area (Å²) in [5.41, 5.74) is 7.15. The maximum absolute atomic E-state index is 13.2. The molecule has 0 aliphatic carbocycles. The molecule has 4 N–H and O–H groups in total. The summed E-state index contributed by atoms with van der Waals surface area (Å²) in [6, 6.07) is 26.9. The molecular weight excluding hydrogens is 606 g/mol. The van der Waals surface area contributed by atoms with E-state index >= 15 is 0 Å². The Morgan fingerprint density at radius 1 is 0.617 bits per heavy atom. The Kier molecular flexibility index (Phi) is 11.2. The van der Waals surface area contributed by atoms with Gasteiger partial charge in [-0.25, -0.2) is 14.4 Å². The first kappa shape index (κ1) is 33.6. The lowest BCUT2D eigenvalue weighted by atomic mass is 10.1. The number of hydrogen-bond acceptors (Lipinski definition) is 8. The van der Waals surface area contributed by atoms with Gasteiger partial charge in [0.25, 0.3) is 11.8 Å². The number of hydrogen-bond donors (Lipinski definition) is 4. The molecule has 4 rings (SSSR count). The fourth-order valence-electron chi connectivity index (χ4n) is 4.19. The number of hydrazine groups is 1. The zero-order chi connectivity index (χ0) is 33.9. The van der Waals surface area contributed by atoms with Crippen LogP contribution in [0.25, 0.3) is 0 Å². The molecule has 12 heteroatoms. The average Bonchev–Trinajstić information content (AvgIpc) is 3.06. The van der Waals surface area contributed by atoms with Crippen molar-refractivity contribution in [3.05, 3.63) is 137 Å². The molecule has 0 bridgehead atoms. The largest absolute Gasteiger partial charge is 0.478 e. The Hall–Kier alpha value is -6.30. The molecule has 0 fully saturated rings. The standard InChI is InChI=1S/C35H31N3O9/c1-21-8-12-25(13-9-21)34(44)46-29(30(33(42)43)47-35(45)26-14-10-22(2)11-15-26)32(41)38-37-31(40)24-16-18-27(19-17-24)36-28(39)20-23-6-4-3-5-7-23/h3-19,29-30H,20H2,1-2H3,(H,36,39)(H,37,40)(H,38,41)(H,42,43)/t29-,30+/m1/s1. The average molecular weight is 638 g/mol. The summed E-state index contributed by atoms with van der Waals surface area (Å²) in [6.45, 7) is 3.57. The molecule has 0 unspecified atom stereocenters. The third kappa shape index (κ3) is 9.59. The molecule has 47 heavy (non-hydrogen) atoms. The molecule has 0 saturated heterocycles. The maximum Gasteiger partial charge on any atom is 0.349 e. The Morgan fingerprint density at radius 2 is 1.11 bits per heavy atom. The van der Waals surface area contributed by atoms with Gasteiger partial charge in [-0.15, -0.1) is 0 Å². The van der Waals surface area contributed by atoms with E-state index in [0.29, 0.717) is 5.69 Å². The Labute approximate surface area is 269 Å². The molecule has 4 aromatic rings. The van der Waals surface area contributed by atoms with Crippen molar-refractivity contribution in [2.75, 3.05) is 5.32 Å². The zero-order valence-electron chi connectivity index (χ0n) is 25.4. The van der Waals surface area contributed by atoms with Gasteiger partial charge in [0.2, 0.25) is 18.1 Å². The summed E-state index contributed by atoms with van der Waals surface area (Å²) in [5.74, 6) is -6.29. The molecule has 0 saturated carbocycles. The van der Waals surface area contributed by atoms with E-state index in [1.165, 1.54) is 48.5 Å². The van der Waals surface area contributed by atoms with Crippen molar-refractivity contribution in [1.82, 2.24) is 10.9 Å². The number of rotatable bonds is 11. The molecule has 0 aliphatic rings. The van der Waals surface area contributed by atoms with Gasteiger partial charge in [-0.3, -0.25) is 25.2 Å². The second-order valence-electron chi connectivity index (χ2n) is 10.5. The molecule has 0 spiro atoms. The van der Waals surface area contributed by atoms with Gasteiger partial charge in [0.1, 0.15) is 0 Å². The summed E-state index contributed by atoms with van der Waals surface area (Å²) in [5, 5.41) is 12.6. The lowest BCUT2D eigenvalue weighted by Gasteiger charge is -2.23. The molecule has 0 aromatic heterocycles. The van der Waals surface area contributed by atoms with Crippen LogP contribution in [0.15, 0.2) is 103 Å². The molecule has 0 heterocycles. The van der Waals surface area contributed by atoms with Gasteiger partial charge in [-0.05, 0) is 67.9 Å². The summed E-state index contributed by atoms with van der Waals surface area (Å²) < 4.78 is 10.4. The van der Waals surface area contributed by atoms with Crippen molar-refractivity contribution < 1.29 is 43.3 Å². The number of aryl methyl sites for hydroxylation is 2. The van der Waals surface area contributed by atoms with Crippen molar-refractivity contribution in [1.29, 1.82) is 0 Å². The van der Waals surface area contributed by atoms with E-state index in [0.717, 1.165) is 16.7 Å². The van der Waals surface area contributed by atoms with Crippen LogP contribution in [0.1, 0.15) is 47.8 Å². The lowest BCUT2D eigenvalue weighted by Crippen LogP contribution is -2.54. The number of carbonyl (C=O) groups excluding carboxylic acids is 5. The minimum Gasteiger partial charge on any atom is -0.478 e. The first-order chi connectivity index (χ1) is 22.5. The summed E-state index contributed by atoms with van der Waals surface area (Å²) in [6.07, 6.45) is -4.34. The van der Waals surface area contributed by atoms with Crippen molar-refractivity contribution in [2.45, 2.75) is 32.5 Å². The fourth-order valence-corrected chi connectivity index (χ4v) is 4.19. The highest BCUT2D eigenvalue weighted by atomic mass is 16.6. The summed E-state index contributed by atoms with van der Waals surface area (Å²) in [4.78, 5) is 76.3. The molecule has 240 valence electrons. The van der Waals surface area contributed by atoms with E-state index in [9.17, 15) is 33.9 Å². The fraction of sp³-hybridized carbons (Fsp3) is 0.143. The highest BCUT2D eigenvalue weighted by Gasteiger charge is 2.41. The molecule has 2 atom stereocenters. The number of ether oxygens (including phenoxy) is 2. The first-order valence-corrected chi connectivity index (χ1v) is 14.3. The van der Waals surface area contributed by atoms with Crippen molar-refractivity contribution >= 4 is 41.3 Å². The highest BCUT2D eigenvalue weighted by molar-refractivity contribution is 5.99. The molecule has 12 nitrogen and oxygen atoms in total. The number of carboxylic acids is 1. The van der Waals surface area contributed by atoms with E-state index in [2.05, 4.69) is 10.7 Å². The van der Waals surface area contributed by atoms with E-state index in [1.807, 2.05) is 35.8 Å². The van der Waals surface area contributed by atoms with E-state index in [1.54, 1.807) is 38.1 Å². The van der Waals surface area contributed by atoms with E-state index in [-0.39, 0.29) is 29.0 Å². The van der Waals surface area contributed by atoms with Crippen molar-refractivity contribution in [2.24, 2.45) is 0 Å². The van der Waals surface area contributed by atoms with Crippen LogP contribution in [0.5, 0.6) is 0 Å². The normalized spacial score (nSPS) is 11.7. The molecule has 0 radical (unpaired) electrons. The van der Waals surface area contributed by atoms with Crippen LogP contribution in [-0.2, 0) is 30.3 Å². The number of aliphatic carboxylic acids is 1. The number of anilines is 1. The third-order valence-corrected chi connectivity index (χ3v) is 6.76. The third-order valence-electron chi connectivity index (χ3n) is 6.76. The van der Waals surface area contributed by atoms with Gasteiger partial charge < -0.3 is 19.9 Å². The summed E-state index contributed by atoms with van der Waals surface area (Å²) in [7, 11) is 0. The minimum atomic E-state index is -2.28. The monoisotopic (exact) mass is 637 g/mol. The Bertz CT molecular complexity index is 1760. The van der Waals surface area contributed by atoms with Crippen LogP contribution in [0.4, 0.5) is 5.69 Å². The zero-order valence-corrected chi connectivity index (χ0v) is 25.4. The summed E-state index contributed by atoms with van der Waals surface area (Å²) >= 11 is 0. The Balaban J connectivity index is 1.45. The first-order valence-electron chi connectivity index (χ1n) is 14.3. The number of nitrogens with one attached hydrogen (secondary N) is 3. The quantitative estimate of drug-likeness (QED) is 0.141. The molecule has 4 aromatic carbocycles. The van der Waals surface area contributed by atoms with Gasteiger partial charge in [0.15, 0.2) is 0 Å². The van der Waals surface area contributed by atoms with Crippen molar-refractivity contribution in [3.63, 3.8) is 0 Å². The van der Waals surface area contributed by atoms with Crippen LogP contribution in [0.2, 0.25) is 0 Å². The number of carboxylic acid groups (broad SMARTS) is 1. The van der Waals surface area contributed by atoms with Gasteiger partial charge in [0, 0.05) is 11.3 Å². The molecular formula is C35H31N3O9. The van der Waals surface area contributed by atoms with Crippen LogP contribution < -0.4 is 16.2 Å². The second-order valence-corrected chi connectivity index (χ2v) is 10.5. The van der Waals surface area contributed by atoms with Crippen LogP contribution in [0.3, 0.4) is 0 Å². The maximum atomic E-state index is 13.2. The predicted molar refractivity (Wildman–Crippen MR) is 169 cm³/mol. The van der Waals surface area contributed by atoms with Gasteiger partial charge in [-0.1, -0.05) is 65.7 Å². The molecule has 3 amide bonds. The highest BCUT2D eigenvalue weighted by Crippen LogP contribution is 2.15. The Morgan fingerprint density at radius 3 is 1.62 bits per heavy atom. The van der Waals surface area contributed by atoms with Gasteiger partial charge in [-0.2, -0.15) is 0 Å². The number of esters is 2. The SMILES string of the molecule is Cc1ccc(C(=O)O[C@H](C(=O)O)[C@@H](OC(=O)c2ccc(C)cc2)C(=O)NNC(=O)c2ccc(NC(=O)Cc3ccccc3)cc2)cc1. The number of amides is 3. The van der Waals surface area contributed by atoms with Crippen molar-refractivity contribution in [3.8, 4) is 0 Å². The smallest absolute Gasteiger partial charge is 0.349 e. The second kappa shape index (κ2) is 15.6. The molecule has 0 aliphatic heterocycles. The topological polar surface area (TPSA) is 177 Å².